The van der Waals surface area contributed by atoms with Gasteiger partial charge in [-0.2, -0.15) is 0 Å². The van der Waals surface area contributed by atoms with Crippen LogP contribution in [-0.2, 0) is 18.3 Å². The molecule has 4 heterocycles. The predicted octanol–water partition coefficient (Wildman–Crippen LogP) is 5.27. The molecule has 2 aromatic heterocycles. The summed E-state index contributed by atoms with van der Waals surface area (Å²) in [5.74, 6) is 0.194. The van der Waals surface area contributed by atoms with Gasteiger partial charge in [0, 0.05) is 24.5 Å². The van der Waals surface area contributed by atoms with E-state index in [2.05, 4.69) is 89.9 Å². The van der Waals surface area contributed by atoms with Gasteiger partial charge in [0.15, 0.2) is 16.6 Å². The van der Waals surface area contributed by atoms with Gasteiger partial charge in [-0.3, -0.25) is 28.7 Å². The Morgan fingerprint density at radius 1 is 0.708 bits per heavy atom. The van der Waals surface area contributed by atoms with Crippen LogP contribution in [0.15, 0.2) is 55.9 Å². The van der Waals surface area contributed by atoms with E-state index in [9.17, 15) is 19.2 Å². The second-order valence-electron chi connectivity index (χ2n) is 16.4. The van der Waals surface area contributed by atoms with Crippen LogP contribution in [0.1, 0.15) is 79.7 Å². The van der Waals surface area contributed by atoms with Crippen LogP contribution in [0.5, 0.6) is 0 Å². The summed E-state index contributed by atoms with van der Waals surface area (Å²) in [5.41, 5.74) is -1.86. The van der Waals surface area contributed by atoms with Crippen molar-refractivity contribution in [2.75, 3.05) is 13.2 Å². The zero-order valence-corrected chi connectivity index (χ0v) is 32.3. The Bertz CT molecular complexity index is 1540. The van der Waals surface area contributed by atoms with E-state index >= 15 is 0 Å². The zero-order chi connectivity index (χ0) is 35.7. The third-order valence-electron chi connectivity index (χ3n) is 10.9. The van der Waals surface area contributed by atoms with Crippen LogP contribution in [0.25, 0.3) is 0 Å². The molecular weight excluding hydrogens is 649 g/mol. The second kappa shape index (κ2) is 14.7. The molecule has 12 nitrogen and oxygen atoms in total. The Balaban J connectivity index is 1.48. The molecule has 2 aliphatic heterocycles. The number of aromatic amines is 2. The molecule has 0 unspecified atom stereocenters. The Labute approximate surface area is 285 Å². The van der Waals surface area contributed by atoms with E-state index in [0.717, 1.165) is 12.8 Å². The third kappa shape index (κ3) is 9.13. The smallest absolute Gasteiger partial charge is 0.330 e. The fourth-order valence-electron chi connectivity index (χ4n) is 5.63. The molecule has 0 aliphatic carbocycles. The molecule has 14 heteroatoms. The first-order valence-electron chi connectivity index (χ1n) is 17.1. The lowest BCUT2D eigenvalue weighted by Gasteiger charge is -2.37. The number of H-pyrrole nitrogens is 2. The highest BCUT2D eigenvalue weighted by Gasteiger charge is 2.43. The number of hydrogen-bond acceptors (Lipinski definition) is 8. The monoisotopic (exact) mass is 704 g/mol. The molecule has 0 radical (unpaired) electrons. The maximum Gasteiger partial charge on any atom is 0.330 e. The van der Waals surface area contributed by atoms with Crippen molar-refractivity contribution in [1.82, 2.24) is 19.1 Å². The zero-order valence-electron chi connectivity index (χ0n) is 30.3. The van der Waals surface area contributed by atoms with Gasteiger partial charge in [0.1, 0.15) is 12.5 Å². The number of nitrogens with zero attached hydrogens (tertiary/aromatic N) is 2. The van der Waals surface area contributed by atoms with E-state index in [-0.39, 0.29) is 34.1 Å². The minimum atomic E-state index is -2.04. The highest BCUT2D eigenvalue weighted by molar-refractivity contribution is 6.74. The number of hydrogen-bond donors (Lipinski definition) is 2. The molecule has 2 saturated heterocycles. The summed E-state index contributed by atoms with van der Waals surface area (Å²) in [7, 11) is -4.08. The first kappa shape index (κ1) is 38.2. The fourth-order valence-corrected chi connectivity index (χ4v) is 7.66. The van der Waals surface area contributed by atoms with Gasteiger partial charge in [0.05, 0.1) is 25.4 Å². The van der Waals surface area contributed by atoms with Crippen molar-refractivity contribution in [3.05, 3.63) is 78.4 Å². The van der Waals surface area contributed by atoms with Gasteiger partial charge in [0.25, 0.3) is 11.1 Å². The first-order valence-corrected chi connectivity index (χ1v) is 22.9. The number of aromatic nitrogens is 4. The molecule has 2 aromatic rings. The summed E-state index contributed by atoms with van der Waals surface area (Å²) in [5, 5.41) is 0.0883. The molecule has 268 valence electrons. The first-order chi connectivity index (χ1) is 22.2. The Kier molecular flexibility index (Phi) is 11.7. The molecule has 2 aliphatic rings. The van der Waals surface area contributed by atoms with Crippen molar-refractivity contribution < 1.29 is 18.3 Å². The maximum atomic E-state index is 12.6. The van der Waals surface area contributed by atoms with Crippen LogP contribution < -0.4 is 22.5 Å². The van der Waals surface area contributed by atoms with Gasteiger partial charge < -0.3 is 18.3 Å². The topological polar surface area (TPSA) is 147 Å². The molecule has 0 aromatic carbocycles. The van der Waals surface area contributed by atoms with Crippen molar-refractivity contribution in [3.63, 3.8) is 0 Å². The van der Waals surface area contributed by atoms with E-state index in [0.29, 0.717) is 26.1 Å². The third-order valence-corrected chi connectivity index (χ3v) is 19.9. The van der Waals surface area contributed by atoms with E-state index in [1.165, 1.54) is 33.7 Å². The van der Waals surface area contributed by atoms with Crippen LogP contribution in [0.3, 0.4) is 0 Å². The Morgan fingerprint density at radius 3 is 1.38 bits per heavy atom. The normalized spacial score (nSPS) is 25.7. The molecule has 2 N–H and O–H groups in total. The Morgan fingerprint density at radius 2 is 1.06 bits per heavy atom. The standard InChI is InChI=1S/C34H56N4O8Si2/c1-33(2,3)47(7,8)43-21-25-23(19-29(45-25)37-17-15-27(39)35-31(37)41)13-11-12-14-24-20-30(38-18-16-28(40)36-32(38)42)46-26(24)22-44-48(9,10)34(4,5)6/h11-12,15-18,23-26,29-30H,13-14,19-22H2,1-10H3,(H,35,39,41)(H,36,40,42)/b12-11+/t23-,24-,25+,26+,29+,30+/m0/s1. The van der Waals surface area contributed by atoms with Gasteiger partial charge >= 0.3 is 11.4 Å². The van der Waals surface area contributed by atoms with Crippen molar-refractivity contribution >= 4 is 16.6 Å². The molecule has 48 heavy (non-hydrogen) atoms. The van der Waals surface area contributed by atoms with Crippen LogP contribution in [0.2, 0.25) is 36.3 Å². The minimum absolute atomic E-state index is 0.0442. The van der Waals surface area contributed by atoms with Crippen molar-refractivity contribution in [2.45, 2.75) is 128 Å². The van der Waals surface area contributed by atoms with E-state index in [1.807, 2.05) is 0 Å². The molecule has 0 spiro atoms. The number of rotatable bonds is 12. The summed E-state index contributed by atoms with van der Waals surface area (Å²) in [4.78, 5) is 53.2. The van der Waals surface area contributed by atoms with Gasteiger partial charge in [0.2, 0.25) is 0 Å². The maximum absolute atomic E-state index is 12.6. The average molecular weight is 705 g/mol. The molecule has 0 amide bonds. The quantitative estimate of drug-likeness (QED) is 0.224. The lowest BCUT2D eigenvalue weighted by Crippen LogP contribution is -2.43. The van der Waals surface area contributed by atoms with Crippen LogP contribution in [0.4, 0.5) is 0 Å². The van der Waals surface area contributed by atoms with Crippen LogP contribution in [-0.4, -0.2) is 61.2 Å². The van der Waals surface area contributed by atoms with Crippen LogP contribution >= 0.6 is 0 Å². The highest BCUT2D eigenvalue weighted by atomic mass is 28.4. The van der Waals surface area contributed by atoms with E-state index in [4.69, 9.17) is 18.3 Å². The number of allylic oxidation sites excluding steroid dienone is 2. The molecule has 2 fully saturated rings. The SMILES string of the molecule is CC(C)(C)[Si](C)(C)OC[C@H]1O[C@@H](n2ccc(=O)[nH]c2=O)C[C@@H]1C/C=C/C[C@H]1C[C@H](n2ccc(=O)[nH]c2=O)O[C@@H]1CO[Si](C)(C)C(C)(C)C. The van der Waals surface area contributed by atoms with Gasteiger partial charge in [-0.15, -0.1) is 0 Å². The largest absolute Gasteiger partial charge is 0.414 e. The lowest BCUT2D eigenvalue weighted by molar-refractivity contribution is -0.0301. The van der Waals surface area contributed by atoms with E-state index < -0.39 is 51.6 Å². The van der Waals surface area contributed by atoms with Gasteiger partial charge in [-0.1, -0.05) is 53.7 Å². The summed E-state index contributed by atoms with van der Waals surface area (Å²) < 4.78 is 28.9. The van der Waals surface area contributed by atoms with Gasteiger partial charge in [-0.25, -0.2) is 9.59 Å². The predicted molar refractivity (Wildman–Crippen MR) is 191 cm³/mol. The lowest BCUT2D eigenvalue weighted by atomic mass is 9.94. The number of nitrogens with one attached hydrogen (secondary N) is 2. The van der Waals surface area contributed by atoms with Crippen LogP contribution in [0, 0.1) is 11.8 Å². The summed E-state index contributed by atoms with van der Waals surface area (Å²) in [6.45, 7) is 22.9. The highest BCUT2D eigenvalue weighted by Crippen LogP contribution is 2.41. The molecule has 0 bridgehead atoms. The fraction of sp³-hybridized carbons (Fsp3) is 0.706. The van der Waals surface area contributed by atoms with Gasteiger partial charge in [-0.05, 0) is 73.8 Å². The average Bonchev–Trinajstić information content (AvgIpc) is 3.55. The minimum Gasteiger partial charge on any atom is -0.414 e. The van der Waals surface area contributed by atoms with E-state index in [1.54, 1.807) is 0 Å². The molecule has 0 saturated carbocycles. The van der Waals surface area contributed by atoms with Crippen molar-refractivity contribution in [3.8, 4) is 0 Å². The Hall–Kier alpha value is -2.63. The molecule has 4 rings (SSSR count). The van der Waals surface area contributed by atoms with Crippen molar-refractivity contribution in [2.24, 2.45) is 11.8 Å². The summed E-state index contributed by atoms with van der Waals surface area (Å²) in [6.07, 6.45) is 8.53. The molecular formula is C34H56N4O8Si2. The number of ether oxygens (including phenoxy) is 2. The summed E-state index contributed by atoms with van der Waals surface area (Å²) in [6, 6.07) is 2.67. The summed E-state index contributed by atoms with van der Waals surface area (Å²) >= 11 is 0. The second-order valence-corrected chi connectivity index (χ2v) is 26.0. The molecule has 6 atom stereocenters. The van der Waals surface area contributed by atoms with Crippen molar-refractivity contribution in [1.29, 1.82) is 0 Å².